The molecule has 1 fully saturated rings. The van der Waals surface area contributed by atoms with Gasteiger partial charge in [-0.25, -0.2) is 4.39 Å². The lowest BCUT2D eigenvalue weighted by Crippen LogP contribution is -2.11. The highest BCUT2D eigenvalue weighted by Gasteiger charge is 2.20. The Bertz CT molecular complexity index is 960. The van der Waals surface area contributed by atoms with Crippen LogP contribution in [0.25, 0.3) is 11.1 Å². The zero-order valence-electron chi connectivity index (χ0n) is 19.0. The summed E-state index contributed by atoms with van der Waals surface area (Å²) in [5.41, 5.74) is 6.95. The summed E-state index contributed by atoms with van der Waals surface area (Å²) in [7, 11) is 0. The lowest BCUT2D eigenvalue weighted by molar-refractivity contribution is 0.347. The molecule has 3 aromatic rings. The van der Waals surface area contributed by atoms with Gasteiger partial charge >= 0.3 is 0 Å². The van der Waals surface area contributed by atoms with E-state index in [1.54, 1.807) is 6.07 Å². The zero-order valence-corrected chi connectivity index (χ0v) is 19.0. The van der Waals surface area contributed by atoms with Gasteiger partial charge in [0, 0.05) is 5.56 Å². The molecule has 0 atom stereocenters. The second-order valence-electron chi connectivity index (χ2n) is 9.46. The molecule has 0 aliphatic heterocycles. The number of halogens is 1. The van der Waals surface area contributed by atoms with Gasteiger partial charge < -0.3 is 0 Å². The largest absolute Gasteiger partial charge is 0.206 e. The Morgan fingerprint density at radius 3 is 1.81 bits per heavy atom. The van der Waals surface area contributed by atoms with E-state index in [1.165, 1.54) is 54.4 Å². The van der Waals surface area contributed by atoms with Crippen molar-refractivity contribution in [2.45, 2.75) is 71.1 Å². The minimum absolute atomic E-state index is 0.0870. The number of hydrogen-bond acceptors (Lipinski definition) is 0. The highest BCUT2D eigenvalue weighted by atomic mass is 19.1. The van der Waals surface area contributed by atoms with E-state index >= 15 is 0 Å². The van der Waals surface area contributed by atoms with Gasteiger partial charge in [0.1, 0.15) is 5.82 Å². The van der Waals surface area contributed by atoms with E-state index in [0.29, 0.717) is 11.5 Å². The Labute approximate surface area is 187 Å². The topological polar surface area (TPSA) is 0 Å². The fraction of sp³-hybridized carbons (Fsp3) is 0.400. The summed E-state index contributed by atoms with van der Waals surface area (Å²) in [5.74, 6) is 1.26. The molecule has 0 N–H and O–H groups in total. The fourth-order valence-corrected chi connectivity index (χ4v) is 4.91. The van der Waals surface area contributed by atoms with Gasteiger partial charge in [-0.3, -0.25) is 0 Å². The Balaban J connectivity index is 1.38. The third kappa shape index (κ3) is 5.64. The molecule has 0 heterocycles. The molecule has 0 amide bonds. The molecule has 0 nitrogen and oxygen atoms in total. The SMILES string of the molecule is CCCc1ccc(CCc2ccc(-c3ccc(C4CCC(C)CC4)cc3F)cc2)cc1. The molecule has 31 heavy (non-hydrogen) atoms. The third-order valence-electron chi connectivity index (χ3n) is 7.01. The van der Waals surface area contributed by atoms with Crippen molar-refractivity contribution in [2.24, 2.45) is 5.92 Å². The Morgan fingerprint density at radius 1 is 0.710 bits per heavy atom. The molecule has 3 aromatic carbocycles. The minimum atomic E-state index is -0.0870. The first kappa shape index (κ1) is 21.8. The third-order valence-corrected chi connectivity index (χ3v) is 7.01. The number of rotatable bonds is 7. The van der Waals surface area contributed by atoms with Gasteiger partial charge in [-0.15, -0.1) is 0 Å². The molecule has 1 aliphatic rings. The van der Waals surface area contributed by atoms with Gasteiger partial charge in [0.15, 0.2) is 0 Å². The van der Waals surface area contributed by atoms with Crippen LogP contribution in [-0.2, 0) is 19.3 Å². The summed E-state index contributed by atoms with van der Waals surface area (Å²) >= 11 is 0. The standard InChI is InChI=1S/C30H35F/c1-3-4-23-7-9-24(10-8-23)11-12-25-13-17-27(18-14-25)29-20-19-28(21-30(29)31)26-15-5-22(2)6-16-26/h7-10,13-14,17-22,26H,3-6,11-12,15-16H2,1-2H3. The van der Waals surface area contributed by atoms with Gasteiger partial charge in [0.2, 0.25) is 0 Å². The van der Waals surface area contributed by atoms with Crippen LogP contribution < -0.4 is 0 Å². The van der Waals surface area contributed by atoms with Crippen LogP contribution >= 0.6 is 0 Å². The van der Waals surface area contributed by atoms with E-state index in [9.17, 15) is 4.39 Å². The molecule has 0 unspecified atom stereocenters. The first-order valence-corrected chi connectivity index (χ1v) is 12.1. The lowest BCUT2D eigenvalue weighted by Gasteiger charge is -2.26. The molecule has 4 rings (SSSR count). The number of hydrogen-bond donors (Lipinski definition) is 0. The average molecular weight is 415 g/mol. The first-order chi connectivity index (χ1) is 15.1. The van der Waals surface area contributed by atoms with E-state index in [-0.39, 0.29) is 5.82 Å². The smallest absolute Gasteiger partial charge is 0.131 e. The van der Waals surface area contributed by atoms with Crippen molar-refractivity contribution in [3.63, 3.8) is 0 Å². The molecule has 1 heteroatoms. The van der Waals surface area contributed by atoms with Crippen LogP contribution in [0.2, 0.25) is 0 Å². The fourth-order valence-electron chi connectivity index (χ4n) is 4.91. The summed E-state index contributed by atoms with van der Waals surface area (Å²) in [5, 5.41) is 0. The van der Waals surface area contributed by atoms with Crippen molar-refractivity contribution in [1.82, 2.24) is 0 Å². The summed E-state index contributed by atoms with van der Waals surface area (Å²) in [6, 6.07) is 23.4. The molecule has 1 saturated carbocycles. The predicted octanol–water partition coefficient (Wildman–Crippen LogP) is 8.52. The van der Waals surface area contributed by atoms with Crippen molar-refractivity contribution in [3.05, 3.63) is 94.8 Å². The molecule has 0 saturated heterocycles. The maximum absolute atomic E-state index is 14.9. The highest BCUT2D eigenvalue weighted by Crippen LogP contribution is 2.37. The molecular weight excluding hydrogens is 379 g/mol. The maximum atomic E-state index is 14.9. The van der Waals surface area contributed by atoms with Crippen molar-refractivity contribution in [1.29, 1.82) is 0 Å². The predicted molar refractivity (Wildman–Crippen MR) is 130 cm³/mol. The summed E-state index contributed by atoms with van der Waals surface area (Å²) < 4.78 is 14.9. The van der Waals surface area contributed by atoms with Crippen LogP contribution in [0, 0.1) is 11.7 Å². The molecule has 0 aromatic heterocycles. The van der Waals surface area contributed by atoms with Gasteiger partial charge in [0.05, 0.1) is 0 Å². The van der Waals surface area contributed by atoms with Gasteiger partial charge in [0.25, 0.3) is 0 Å². The quantitative estimate of drug-likeness (QED) is 0.363. The molecule has 0 bridgehead atoms. The number of aryl methyl sites for hydroxylation is 3. The second kappa shape index (κ2) is 10.3. The van der Waals surface area contributed by atoms with E-state index in [4.69, 9.17) is 0 Å². The second-order valence-corrected chi connectivity index (χ2v) is 9.46. The van der Waals surface area contributed by atoms with Crippen molar-refractivity contribution < 1.29 is 4.39 Å². The van der Waals surface area contributed by atoms with Crippen LogP contribution in [-0.4, -0.2) is 0 Å². The van der Waals surface area contributed by atoms with Crippen LogP contribution in [0.1, 0.15) is 74.1 Å². The van der Waals surface area contributed by atoms with Crippen molar-refractivity contribution >= 4 is 0 Å². The monoisotopic (exact) mass is 414 g/mol. The molecule has 162 valence electrons. The Kier molecular flexibility index (Phi) is 7.22. The Morgan fingerprint density at radius 2 is 1.26 bits per heavy atom. The summed E-state index contributed by atoms with van der Waals surface area (Å²) in [6.07, 6.45) is 9.29. The van der Waals surface area contributed by atoms with Crippen molar-refractivity contribution in [2.75, 3.05) is 0 Å². The zero-order chi connectivity index (χ0) is 21.6. The highest BCUT2D eigenvalue weighted by molar-refractivity contribution is 5.65. The van der Waals surface area contributed by atoms with Crippen LogP contribution in [0.4, 0.5) is 4.39 Å². The summed E-state index contributed by atoms with van der Waals surface area (Å²) in [6.45, 7) is 4.54. The van der Waals surface area contributed by atoms with Gasteiger partial charge in [-0.2, -0.15) is 0 Å². The normalized spacial score (nSPS) is 18.8. The number of benzene rings is 3. The molecule has 0 radical (unpaired) electrons. The van der Waals surface area contributed by atoms with E-state index in [1.807, 2.05) is 6.07 Å². The molecule has 0 spiro atoms. The summed E-state index contributed by atoms with van der Waals surface area (Å²) in [4.78, 5) is 0. The molecule has 1 aliphatic carbocycles. The maximum Gasteiger partial charge on any atom is 0.131 e. The Hall–Kier alpha value is -2.41. The van der Waals surface area contributed by atoms with E-state index in [0.717, 1.165) is 30.7 Å². The van der Waals surface area contributed by atoms with Gasteiger partial charge in [-0.05, 0) is 77.8 Å². The van der Waals surface area contributed by atoms with E-state index in [2.05, 4.69) is 68.4 Å². The van der Waals surface area contributed by atoms with Crippen molar-refractivity contribution in [3.8, 4) is 11.1 Å². The van der Waals surface area contributed by atoms with Crippen LogP contribution in [0.5, 0.6) is 0 Å². The van der Waals surface area contributed by atoms with Gasteiger partial charge in [-0.1, -0.05) is 93.8 Å². The average Bonchev–Trinajstić information content (AvgIpc) is 2.80. The van der Waals surface area contributed by atoms with Crippen LogP contribution in [0.15, 0.2) is 66.7 Å². The molecular formula is C30H35F. The van der Waals surface area contributed by atoms with E-state index < -0.39 is 0 Å². The van der Waals surface area contributed by atoms with Crippen LogP contribution in [0.3, 0.4) is 0 Å². The minimum Gasteiger partial charge on any atom is -0.206 e. The lowest BCUT2D eigenvalue weighted by atomic mass is 9.79. The first-order valence-electron chi connectivity index (χ1n) is 12.1.